The van der Waals surface area contributed by atoms with Crippen molar-refractivity contribution in [3.05, 3.63) is 35.9 Å². The summed E-state index contributed by atoms with van der Waals surface area (Å²) in [6.07, 6.45) is -6.29. The summed E-state index contributed by atoms with van der Waals surface area (Å²) in [5.74, 6) is -4.10. The quantitative estimate of drug-likeness (QED) is 0.756. The third kappa shape index (κ3) is 2.47. The smallest absolute Gasteiger partial charge is 0.438 e. The molecule has 2 N–H and O–H groups in total. The summed E-state index contributed by atoms with van der Waals surface area (Å²) in [4.78, 5) is 21.9. The van der Waals surface area contributed by atoms with Gasteiger partial charge in [0.25, 0.3) is 5.72 Å². The van der Waals surface area contributed by atoms with Crippen molar-refractivity contribution >= 4 is 17.6 Å². The number of carboxylic acids is 1. The van der Waals surface area contributed by atoms with E-state index in [0.29, 0.717) is 0 Å². The van der Waals surface area contributed by atoms with Crippen LogP contribution in [-0.4, -0.2) is 44.7 Å². The summed E-state index contributed by atoms with van der Waals surface area (Å²) >= 11 is 0. The van der Waals surface area contributed by atoms with Crippen LogP contribution >= 0.6 is 0 Å². The molecule has 0 radical (unpaired) electrons. The Balaban J connectivity index is 2.48. The van der Waals surface area contributed by atoms with Gasteiger partial charge < -0.3 is 10.2 Å². The summed E-state index contributed by atoms with van der Waals surface area (Å²) in [6, 6.07) is 7.56. The first-order chi connectivity index (χ1) is 9.67. The second-order valence-electron chi connectivity index (χ2n) is 4.33. The van der Waals surface area contributed by atoms with Crippen LogP contribution in [0.25, 0.3) is 0 Å². The number of aliphatic carboxylic acids is 1. The summed E-state index contributed by atoms with van der Waals surface area (Å²) in [6.45, 7) is 0. The number of nitrogens with zero attached hydrogens (tertiary/aromatic N) is 2. The summed E-state index contributed by atoms with van der Waals surface area (Å²) in [5.41, 5.74) is -3.65. The van der Waals surface area contributed by atoms with Gasteiger partial charge in [-0.1, -0.05) is 30.3 Å². The van der Waals surface area contributed by atoms with E-state index in [4.69, 9.17) is 5.11 Å². The molecule has 1 heterocycles. The Morgan fingerprint density at radius 3 is 2.29 bits per heavy atom. The minimum Gasteiger partial charge on any atom is -0.474 e. The SMILES string of the molecule is O=C(O)C(=O)N1N=C(c2ccccc2)CC1(O)C(F)(F)F. The fourth-order valence-electron chi connectivity index (χ4n) is 1.86. The van der Waals surface area contributed by atoms with Gasteiger partial charge in [0.15, 0.2) is 0 Å². The van der Waals surface area contributed by atoms with Crippen LogP contribution in [0.5, 0.6) is 0 Å². The number of hydrogen-bond donors (Lipinski definition) is 2. The molecule has 21 heavy (non-hydrogen) atoms. The zero-order valence-corrected chi connectivity index (χ0v) is 10.3. The molecule has 0 bridgehead atoms. The molecule has 0 saturated heterocycles. The van der Waals surface area contributed by atoms with Crippen molar-refractivity contribution in [2.24, 2.45) is 5.10 Å². The van der Waals surface area contributed by atoms with Crippen molar-refractivity contribution in [1.82, 2.24) is 5.01 Å². The Morgan fingerprint density at radius 2 is 1.81 bits per heavy atom. The van der Waals surface area contributed by atoms with E-state index < -0.39 is 35.2 Å². The number of carbonyl (C=O) groups is 2. The van der Waals surface area contributed by atoms with Crippen LogP contribution < -0.4 is 0 Å². The Morgan fingerprint density at radius 1 is 1.24 bits per heavy atom. The van der Waals surface area contributed by atoms with Gasteiger partial charge in [0.05, 0.1) is 12.1 Å². The Labute approximate surface area is 116 Å². The molecule has 1 unspecified atom stereocenters. The van der Waals surface area contributed by atoms with Gasteiger partial charge in [-0.15, -0.1) is 0 Å². The molecular formula is C12H9F3N2O4. The third-order valence-electron chi connectivity index (χ3n) is 2.92. The van der Waals surface area contributed by atoms with E-state index in [-0.39, 0.29) is 11.3 Å². The zero-order chi connectivity index (χ0) is 15.8. The minimum absolute atomic E-state index is 0.231. The van der Waals surface area contributed by atoms with E-state index >= 15 is 0 Å². The van der Waals surface area contributed by atoms with E-state index in [9.17, 15) is 27.9 Å². The molecule has 1 aromatic carbocycles. The maximum atomic E-state index is 13.0. The number of aliphatic hydroxyl groups is 1. The zero-order valence-electron chi connectivity index (χ0n) is 10.3. The molecule has 0 aliphatic carbocycles. The molecular weight excluding hydrogens is 293 g/mol. The molecule has 6 nitrogen and oxygen atoms in total. The average molecular weight is 302 g/mol. The number of amides is 1. The highest BCUT2D eigenvalue weighted by molar-refractivity contribution is 6.32. The van der Waals surface area contributed by atoms with Crippen molar-refractivity contribution in [1.29, 1.82) is 0 Å². The van der Waals surface area contributed by atoms with E-state index in [1.165, 1.54) is 24.3 Å². The van der Waals surface area contributed by atoms with Crippen molar-refractivity contribution in [3.63, 3.8) is 0 Å². The predicted octanol–water partition coefficient (Wildman–Crippen LogP) is 0.958. The van der Waals surface area contributed by atoms with Gasteiger partial charge in [0, 0.05) is 0 Å². The van der Waals surface area contributed by atoms with Gasteiger partial charge >= 0.3 is 18.1 Å². The Bertz CT molecular complexity index is 615. The van der Waals surface area contributed by atoms with Crippen LogP contribution in [0.15, 0.2) is 35.4 Å². The molecule has 0 aromatic heterocycles. The monoisotopic (exact) mass is 302 g/mol. The van der Waals surface area contributed by atoms with Gasteiger partial charge in [-0.25, -0.2) is 4.79 Å². The molecule has 0 spiro atoms. The highest BCUT2D eigenvalue weighted by atomic mass is 19.4. The normalized spacial score (nSPS) is 22.1. The van der Waals surface area contributed by atoms with Crippen molar-refractivity contribution < 1.29 is 33.0 Å². The van der Waals surface area contributed by atoms with E-state index in [1.807, 2.05) is 0 Å². The fraction of sp³-hybridized carbons (Fsp3) is 0.250. The van der Waals surface area contributed by atoms with Crippen molar-refractivity contribution in [2.45, 2.75) is 18.3 Å². The topological polar surface area (TPSA) is 90.2 Å². The first-order valence-electron chi connectivity index (χ1n) is 5.66. The number of hydrazone groups is 1. The second-order valence-corrected chi connectivity index (χ2v) is 4.33. The highest BCUT2D eigenvalue weighted by Crippen LogP contribution is 2.41. The molecule has 0 fully saturated rings. The third-order valence-corrected chi connectivity index (χ3v) is 2.92. The molecule has 1 amide bonds. The Kier molecular flexibility index (Phi) is 3.46. The van der Waals surface area contributed by atoms with Gasteiger partial charge in [-0.3, -0.25) is 4.79 Å². The first kappa shape index (κ1) is 15.0. The highest BCUT2D eigenvalue weighted by Gasteiger charge is 2.64. The predicted molar refractivity (Wildman–Crippen MR) is 63.1 cm³/mol. The van der Waals surface area contributed by atoms with Crippen LogP contribution in [0.4, 0.5) is 13.2 Å². The first-order valence-corrected chi connectivity index (χ1v) is 5.66. The Hall–Kier alpha value is -2.42. The van der Waals surface area contributed by atoms with Gasteiger partial charge in [-0.2, -0.15) is 23.3 Å². The maximum Gasteiger partial charge on any atom is 0.438 e. The lowest BCUT2D eigenvalue weighted by Crippen LogP contribution is -2.58. The lowest BCUT2D eigenvalue weighted by Gasteiger charge is -2.31. The summed E-state index contributed by atoms with van der Waals surface area (Å²) < 4.78 is 39.0. The molecule has 0 saturated carbocycles. The van der Waals surface area contributed by atoms with Crippen LogP contribution in [0.1, 0.15) is 12.0 Å². The minimum atomic E-state index is -5.25. The number of rotatable bonds is 1. The number of alkyl halides is 3. The average Bonchev–Trinajstić information content (AvgIpc) is 2.78. The number of benzene rings is 1. The molecule has 9 heteroatoms. The number of hydrogen-bond acceptors (Lipinski definition) is 4. The van der Waals surface area contributed by atoms with Crippen LogP contribution in [0.3, 0.4) is 0 Å². The molecule has 1 aliphatic rings. The largest absolute Gasteiger partial charge is 0.474 e. The van der Waals surface area contributed by atoms with Crippen molar-refractivity contribution in [2.75, 3.05) is 0 Å². The van der Waals surface area contributed by atoms with Crippen LogP contribution in [0.2, 0.25) is 0 Å². The number of halogens is 3. The lowest BCUT2D eigenvalue weighted by molar-refractivity contribution is -0.301. The van der Waals surface area contributed by atoms with Gasteiger partial charge in [-0.05, 0) is 5.56 Å². The molecule has 2 rings (SSSR count). The van der Waals surface area contributed by atoms with Gasteiger partial charge in [0.2, 0.25) is 0 Å². The summed E-state index contributed by atoms with van der Waals surface area (Å²) in [7, 11) is 0. The lowest BCUT2D eigenvalue weighted by atomic mass is 10.0. The summed E-state index contributed by atoms with van der Waals surface area (Å²) in [5, 5.41) is 21.2. The van der Waals surface area contributed by atoms with Crippen LogP contribution in [0, 0.1) is 0 Å². The van der Waals surface area contributed by atoms with Gasteiger partial charge in [0.1, 0.15) is 0 Å². The van der Waals surface area contributed by atoms with E-state index in [0.717, 1.165) is 0 Å². The number of carbonyl (C=O) groups excluding carboxylic acids is 1. The molecule has 1 atom stereocenters. The molecule has 1 aliphatic heterocycles. The molecule has 1 aromatic rings. The standard InChI is InChI=1S/C12H9F3N2O4/c13-12(14,15)11(21)6-8(7-4-2-1-3-5-7)16-17(11)9(18)10(19)20/h1-5,21H,6H2,(H,19,20). The van der Waals surface area contributed by atoms with Crippen molar-refractivity contribution in [3.8, 4) is 0 Å². The second kappa shape index (κ2) is 4.85. The van der Waals surface area contributed by atoms with E-state index in [1.54, 1.807) is 6.07 Å². The molecule has 112 valence electrons. The van der Waals surface area contributed by atoms with E-state index in [2.05, 4.69) is 5.10 Å². The number of carboxylic acid groups (broad SMARTS) is 1. The van der Waals surface area contributed by atoms with Crippen LogP contribution in [-0.2, 0) is 9.59 Å². The maximum absolute atomic E-state index is 13.0. The fourth-order valence-corrected chi connectivity index (χ4v) is 1.86.